The number of rotatable bonds is 2. The normalized spacial score (nSPS) is 30.9. The maximum Gasteiger partial charge on any atom is 0.327 e. The molecule has 0 aromatic carbocycles. The Morgan fingerprint density at radius 1 is 1.40 bits per heavy atom. The van der Waals surface area contributed by atoms with Crippen molar-refractivity contribution in [2.24, 2.45) is 5.92 Å². The lowest BCUT2D eigenvalue weighted by Crippen LogP contribution is -2.56. The van der Waals surface area contributed by atoms with Crippen LogP contribution in [0.15, 0.2) is 0 Å². The van der Waals surface area contributed by atoms with Crippen LogP contribution in [0.1, 0.15) is 20.8 Å². The Balaban J connectivity index is 2.16. The van der Waals surface area contributed by atoms with Gasteiger partial charge in [0.15, 0.2) is 0 Å². The van der Waals surface area contributed by atoms with Crippen LogP contribution in [0, 0.1) is 5.92 Å². The Kier molecular flexibility index (Phi) is 4.80. The molecule has 20 heavy (non-hydrogen) atoms. The topological polar surface area (TPSA) is 70.1 Å². The third-order valence-corrected chi connectivity index (χ3v) is 5.24. The van der Waals surface area contributed by atoms with Gasteiger partial charge in [0.05, 0.1) is 18.1 Å². The molecular formula is C13H22N2O4S. The summed E-state index contributed by atoms with van der Waals surface area (Å²) in [6.45, 7) is 7.53. The molecule has 0 bridgehead atoms. The van der Waals surface area contributed by atoms with Crippen LogP contribution in [0.2, 0.25) is 0 Å². The number of morpholine rings is 1. The number of thioether (sulfide) groups is 1. The molecule has 2 saturated heterocycles. The van der Waals surface area contributed by atoms with Gasteiger partial charge >= 0.3 is 12.0 Å². The zero-order valence-corrected chi connectivity index (χ0v) is 12.9. The van der Waals surface area contributed by atoms with E-state index in [-0.39, 0.29) is 23.4 Å². The Morgan fingerprint density at radius 2 is 2.10 bits per heavy atom. The predicted octanol–water partition coefficient (Wildman–Crippen LogP) is 1.31. The molecule has 7 heteroatoms. The average molecular weight is 302 g/mol. The van der Waals surface area contributed by atoms with E-state index in [4.69, 9.17) is 4.74 Å². The summed E-state index contributed by atoms with van der Waals surface area (Å²) in [5.74, 6) is -0.230. The van der Waals surface area contributed by atoms with Crippen molar-refractivity contribution in [3.63, 3.8) is 0 Å². The van der Waals surface area contributed by atoms with Crippen molar-refractivity contribution in [1.82, 2.24) is 9.80 Å². The van der Waals surface area contributed by atoms with Crippen molar-refractivity contribution >= 4 is 23.8 Å². The van der Waals surface area contributed by atoms with Crippen LogP contribution in [-0.4, -0.2) is 69.9 Å². The van der Waals surface area contributed by atoms with E-state index in [1.807, 2.05) is 20.8 Å². The largest absolute Gasteiger partial charge is 0.480 e. The fourth-order valence-electron chi connectivity index (χ4n) is 2.63. The summed E-state index contributed by atoms with van der Waals surface area (Å²) in [5, 5.41) is 9.26. The Bertz CT molecular complexity index is 391. The summed E-state index contributed by atoms with van der Waals surface area (Å²) >= 11 is 1.55. The first kappa shape index (κ1) is 15.4. The zero-order chi connectivity index (χ0) is 14.9. The summed E-state index contributed by atoms with van der Waals surface area (Å²) < 4.78 is 5.44. The molecule has 2 fully saturated rings. The molecule has 3 unspecified atom stereocenters. The maximum atomic E-state index is 12.7. The lowest BCUT2D eigenvalue weighted by molar-refractivity contribution is -0.141. The number of carbonyl (C=O) groups is 2. The second kappa shape index (κ2) is 6.22. The molecule has 0 aromatic rings. The van der Waals surface area contributed by atoms with Gasteiger partial charge in [0.2, 0.25) is 0 Å². The molecule has 2 heterocycles. The van der Waals surface area contributed by atoms with Crippen molar-refractivity contribution in [2.45, 2.75) is 38.3 Å². The highest BCUT2D eigenvalue weighted by Crippen LogP contribution is 2.35. The molecule has 114 valence electrons. The number of amides is 2. The molecule has 3 atom stereocenters. The molecule has 2 aliphatic rings. The van der Waals surface area contributed by atoms with Gasteiger partial charge in [-0.15, -0.1) is 11.8 Å². The van der Waals surface area contributed by atoms with Crippen LogP contribution in [0.3, 0.4) is 0 Å². The Labute approximate surface area is 123 Å². The summed E-state index contributed by atoms with van der Waals surface area (Å²) in [5.41, 5.74) is 0. The van der Waals surface area contributed by atoms with Crippen LogP contribution in [0.5, 0.6) is 0 Å². The van der Waals surface area contributed by atoms with Gasteiger partial charge in [-0.05, 0) is 12.8 Å². The number of ether oxygens (including phenoxy) is 1. The summed E-state index contributed by atoms with van der Waals surface area (Å²) in [4.78, 5) is 27.3. The third-order valence-electron chi connectivity index (χ3n) is 3.62. The zero-order valence-electron chi connectivity index (χ0n) is 12.1. The second-order valence-electron chi connectivity index (χ2n) is 5.64. The van der Waals surface area contributed by atoms with Gasteiger partial charge in [-0.3, -0.25) is 4.90 Å². The van der Waals surface area contributed by atoms with E-state index < -0.39 is 12.0 Å². The highest BCUT2D eigenvalue weighted by atomic mass is 32.2. The minimum Gasteiger partial charge on any atom is -0.480 e. The molecule has 6 nitrogen and oxygen atoms in total. The van der Waals surface area contributed by atoms with Gasteiger partial charge in [0.1, 0.15) is 6.04 Å². The van der Waals surface area contributed by atoms with E-state index in [1.54, 1.807) is 21.6 Å². The van der Waals surface area contributed by atoms with Crippen molar-refractivity contribution < 1.29 is 19.4 Å². The molecule has 0 saturated carbocycles. The van der Waals surface area contributed by atoms with Gasteiger partial charge in [-0.25, -0.2) is 9.59 Å². The highest BCUT2D eigenvalue weighted by molar-refractivity contribution is 8.00. The van der Waals surface area contributed by atoms with Crippen molar-refractivity contribution in [3.8, 4) is 0 Å². The first-order valence-corrected chi connectivity index (χ1v) is 8.00. The number of carbonyl (C=O) groups excluding carboxylic acids is 1. The van der Waals surface area contributed by atoms with Crippen LogP contribution in [0.25, 0.3) is 0 Å². The predicted molar refractivity (Wildman–Crippen MR) is 76.7 cm³/mol. The molecule has 2 rings (SSSR count). The van der Waals surface area contributed by atoms with Crippen molar-refractivity contribution in [2.75, 3.05) is 25.4 Å². The SMILES string of the molecule is CC1CN(C(=O)N2C(C(=O)O)CSC2C(C)C)CCO1. The van der Waals surface area contributed by atoms with Gasteiger partial charge in [0.25, 0.3) is 0 Å². The van der Waals surface area contributed by atoms with Crippen molar-refractivity contribution in [3.05, 3.63) is 0 Å². The summed E-state index contributed by atoms with van der Waals surface area (Å²) in [7, 11) is 0. The van der Waals surface area contributed by atoms with E-state index in [0.29, 0.717) is 25.4 Å². The number of hydrogen-bond acceptors (Lipinski definition) is 4. The lowest BCUT2D eigenvalue weighted by Gasteiger charge is -2.38. The Morgan fingerprint density at radius 3 is 2.65 bits per heavy atom. The highest BCUT2D eigenvalue weighted by Gasteiger charge is 2.44. The average Bonchev–Trinajstić information content (AvgIpc) is 2.82. The van der Waals surface area contributed by atoms with E-state index >= 15 is 0 Å². The Hall–Kier alpha value is -0.950. The fourth-order valence-corrected chi connectivity index (χ4v) is 4.09. The fraction of sp³-hybridized carbons (Fsp3) is 0.846. The number of urea groups is 1. The summed E-state index contributed by atoms with van der Waals surface area (Å²) in [6.07, 6.45) is 0.00346. The molecule has 1 N–H and O–H groups in total. The maximum absolute atomic E-state index is 12.7. The monoisotopic (exact) mass is 302 g/mol. The molecule has 0 aromatic heterocycles. The van der Waals surface area contributed by atoms with Gasteiger partial charge in [-0.2, -0.15) is 0 Å². The first-order chi connectivity index (χ1) is 9.41. The third kappa shape index (κ3) is 3.03. The number of carboxylic acid groups (broad SMARTS) is 1. The van der Waals surface area contributed by atoms with Crippen LogP contribution in [-0.2, 0) is 9.53 Å². The minimum absolute atomic E-state index is 0.00346. The van der Waals surface area contributed by atoms with Gasteiger partial charge < -0.3 is 14.7 Å². The molecule has 0 radical (unpaired) electrons. The van der Waals surface area contributed by atoms with E-state index in [0.717, 1.165) is 0 Å². The number of carboxylic acids is 1. The lowest BCUT2D eigenvalue weighted by atomic mass is 10.1. The smallest absolute Gasteiger partial charge is 0.327 e. The first-order valence-electron chi connectivity index (χ1n) is 6.95. The second-order valence-corrected chi connectivity index (χ2v) is 6.79. The number of nitrogens with zero attached hydrogens (tertiary/aromatic N) is 2. The molecule has 2 aliphatic heterocycles. The van der Waals surface area contributed by atoms with Crippen molar-refractivity contribution in [1.29, 1.82) is 0 Å². The standard InChI is InChI=1S/C13H22N2O4S/c1-8(2)11-15(10(7-20-11)12(16)17)13(18)14-4-5-19-9(3)6-14/h8-11H,4-7H2,1-3H3,(H,16,17). The number of aliphatic carboxylic acids is 1. The van der Waals surface area contributed by atoms with E-state index in [1.165, 1.54) is 0 Å². The molecule has 2 amide bonds. The van der Waals surface area contributed by atoms with Gasteiger partial charge in [-0.1, -0.05) is 13.8 Å². The van der Waals surface area contributed by atoms with Gasteiger partial charge in [0, 0.05) is 18.8 Å². The molecule has 0 aliphatic carbocycles. The van der Waals surface area contributed by atoms with Crippen LogP contribution in [0.4, 0.5) is 4.79 Å². The van der Waals surface area contributed by atoms with Crippen LogP contribution < -0.4 is 0 Å². The quantitative estimate of drug-likeness (QED) is 0.833. The van der Waals surface area contributed by atoms with E-state index in [9.17, 15) is 14.7 Å². The number of hydrogen-bond donors (Lipinski definition) is 1. The summed E-state index contributed by atoms with van der Waals surface area (Å²) in [6, 6.07) is -0.894. The molecular weight excluding hydrogens is 280 g/mol. The van der Waals surface area contributed by atoms with E-state index in [2.05, 4.69) is 0 Å². The minimum atomic E-state index is -0.921. The van der Waals surface area contributed by atoms with Crippen LogP contribution >= 0.6 is 11.8 Å². The molecule has 0 spiro atoms.